The number of aryl methyl sites for hydroxylation is 1. The molecule has 0 aliphatic carbocycles. The molecule has 1 unspecified atom stereocenters. The fourth-order valence-electron chi connectivity index (χ4n) is 1.95. The van der Waals surface area contributed by atoms with Gasteiger partial charge in [-0.3, -0.25) is 4.98 Å². The predicted octanol–water partition coefficient (Wildman–Crippen LogP) is 3.11. The Morgan fingerprint density at radius 2 is 2.05 bits per heavy atom. The first-order valence-electron chi connectivity index (χ1n) is 6.35. The van der Waals surface area contributed by atoms with E-state index in [0.29, 0.717) is 5.56 Å². The van der Waals surface area contributed by atoms with Crippen molar-refractivity contribution < 1.29 is 0 Å². The number of nitrogens with one attached hydrogen (secondary N) is 1. The quantitative estimate of drug-likeness (QED) is 0.908. The Kier molecular flexibility index (Phi) is 4.27. The zero-order valence-corrected chi connectivity index (χ0v) is 11.2. The van der Waals surface area contributed by atoms with Gasteiger partial charge < -0.3 is 5.32 Å². The summed E-state index contributed by atoms with van der Waals surface area (Å²) in [6, 6.07) is 16.0. The summed E-state index contributed by atoms with van der Waals surface area (Å²) >= 11 is 0. The van der Waals surface area contributed by atoms with E-state index in [1.165, 1.54) is 0 Å². The molecule has 0 spiro atoms. The molecule has 0 radical (unpaired) electrons. The summed E-state index contributed by atoms with van der Waals surface area (Å²) in [6.07, 6.45) is 0. The summed E-state index contributed by atoms with van der Waals surface area (Å²) in [7, 11) is 0. The van der Waals surface area contributed by atoms with Gasteiger partial charge in [-0.2, -0.15) is 5.26 Å². The molecule has 1 atom stereocenters. The SMILES string of the molecule is Cc1cccc(CNC(C)c2cccc(C#N)c2)n1. The van der Waals surface area contributed by atoms with Gasteiger partial charge in [0.1, 0.15) is 0 Å². The highest BCUT2D eigenvalue weighted by molar-refractivity contribution is 5.34. The fourth-order valence-corrected chi connectivity index (χ4v) is 1.95. The summed E-state index contributed by atoms with van der Waals surface area (Å²) in [5, 5.41) is 12.3. The monoisotopic (exact) mass is 251 g/mol. The molecule has 2 aromatic rings. The molecule has 0 fully saturated rings. The topological polar surface area (TPSA) is 48.7 Å². The molecule has 0 saturated carbocycles. The minimum atomic E-state index is 0.190. The number of pyridine rings is 1. The van der Waals surface area contributed by atoms with E-state index in [0.717, 1.165) is 23.5 Å². The summed E-state index contributed by atoms with van der Waals surface area (Å²) in [5.41, 5.74) is 3.87. The Balaban J connectivity index is 2.01. The van der Waals surface area contributed by atoms with E-state index >= 15 is 0 Å². The largest absolute Gasteiger partial charge is 0.305 e. The maximum Gasteiger partial charge on any atom is 0.0991 e. The van der Waals surface area contributed by atoms with Crippen LogP contribution < -0.4 is 5.32 Å². The van der Waals surface area contributed by atoms with E-state index in [9.17, 15) is 0 Å². The van der Waals surface area contributed by atoms with Crippen LogP contribution in [0.25, 0.3) is 0 Å². The molecule has 0 amide bonds. The molecule has 1 N–H and O–H groups in total. The number of benzene rings is 1. The Labute approximate surface area is 113 Å². The molecule has 1 aromatic carbocycles. The third-order valence-electron chi connectivity index (χ3n) is 3.05. The van der Waals surface area contributed by atoms with Gasteiger partial charge in [0.15, 0.2) is 0 Å². The average molecular weight is 251 g/mol. The minimum Gasteiger partial charge on any atom is -0.305 e. The molecule has 96 valence electrons. The van der Waals surface area contributed by atoms with Crippen LogP contribution in [0.15, 0.2) is 42.5 Å². The molecule has 3 nitrogen and oxygen atoms in total. The molecule has 2 rings (SSSR count). The second kappa shape index (κ2) is 6.12. The number of nitrogens with zero attached hydrogens (tertiary/aromatic N) is 2. The summed E-state index contributed by atoms with van der Waals surface area (Å²) in [4.78, 5) is 4.46. The van der Waals surface area contributed by atoms with Crippen LogP contribution in [0.3, 0.4) is 0 Å². The first-order chi connectivity index (χ1) is 9.19. The second-order valence-corrected chi connectivity index (χ2v) is 4.61. The van der Waals surface area contributed by atoms with E-state index in [2.05, 4.69) is 23.3 Å². The van der Waals surface area contributed by atoms with Crippen molar-refractivity contribution in [2.45, 2.75) is 26.4 Å². The summed E-state index contributed by atoms with van der Waals surface area (Å²) in [6.45, 7) is 4.80. The van der Waals surface area contributed by atoms with E-state index in [1.54, 1.807) is 0 Å². The molecule has 0 bridgehead atoms. The molecular formula is C16H17N3. The summed E-state index contributed by atoms with van der Waals surface area (Å²) < 4.78 is 0. The standard InChI is InChI=1S/C16H17N3/c1-12-5-3-8-16(19-12)11-18-13(2)15-7-4-6-14(9-15)10-17/h3-9,13,18H,11H2,1-2H3. The van der Waals surface area contributed by atoms with Crippen molar-refractivity contribution in [3.63, 3.8) is 0 Å². The number of hydrogen-bond donors (Lipinski definition) is 1. The van der Waals surface area contributed by atoms with Crippen LogP contribution in [0.1, 0.15) is 35.5 Å². The van der Waals surface area contributed by atoms with Gasteiger partial charge in [-0.25, -0.2) is 0 Å². The number of rotatable bonds is 4. The zero-order chi connectivity index (χ0) is 13.7. The van der Waals surface area contributed by atoms with Gasteiger partial charge in [0.2, 0.25) is 0 Å². The van der Waals surface area contributed by atoms with Crippen molar-refractivity contribution in [3.8, 4) is 6.07 Å². The third kappa shape index (κ3) is 3.64. The van der Waals surface area contributed by atoms with Gasteiger partial charge in [-0.05, 0) is 43.7 Å². The molecule has 3 heteroatoms. The van der Waals surface area contributed by atoms with Gasteiger partial charge in [0.25, 0.3) is 0 Å². The molecule has 0 aliphatic heterocycles. The minimum absolute atomic E-state index is 0.190. The lowest BCUT2D eigenvalue weighted by atomic mass is 10.1. The highest BCUT2D eigenvalue weighted by Gasteiger charge is 2.06. The highest BCUT2D eigenvalue weighted by atomic mass is 14.9. The van der Waals surface area contributed by atoms with Crippen LogP contribution in [0.4, 0.5) is 0 Å². The van der Waals surface area contributed by atoms with E-state index in [1.807, 2.05) is 49.4 Å². The average Bonchev–Trinajstić information content (AvgIpc) is 2.45. The molecule has 0 saturated heterocycles. The van der Waals surface area contributed by atoms with E-state index < -0.39 is 0 Å². The van der Waals surface area contributed by atoms with Crippen LogP contribution in [0.5, 0.6) is 0 Å². The first kappa shape index (κ1) is 13.3. The first-order valence-corrected chi connectivity index (χ1v) is 6.35. The van der Waals surface area contributed by atoms with Crippen LogP contribution in [0.2, 0.25) is 0 Å². The summed E-state index contributed by atoms with van der Waals surface area (Å²) in [5.74, 6) is 0. The van der Waals surface area contributed by atoms with Crippen LogP contribution in [-0.2, 0) is 6.54 Å². The van der Waals surface area contributed by atoms with Crippen molar-refractivity contribution >= 4 is 0 Å². The third-order valence-corrected chi connectivity index (χ3v) is 3.05. The second-order valence-electron chi connectivity index (χ2n) is 4.61. The van der Waals surface area contributed by atoms with Crippen molar-refractivity contribution in [3.05, 3.63) is 65.0 Å². The normalized spacial score (nSPS) is 11.8. The number of hydrogen-bond acceptors (Lipinski definition) is 3. The van der Waals surface area contributed by atoms with Gasteiger partial charge in [-0.1, -0.05) is 18.2 Å². The van der Waals surface area contributed by atoms with Crippen LogP contribution in [-0.4, -0.2) is 4.98 Å². The fraction of sp³-hybridized carbons (Fsp3) is 0.250. The lowest BCUT2D eigenvalue weighted by molar-refractivity contribution is 0.567. The van der Waals surface area contributed by atoms with Crippen molar-refractivity contribution in [1.82, 2.24) is 10.3 Å². The Morgan fingerprint density at radius 3 is 2.79 bits per heavy atom. The predicted molar refractivity (Wildman–Crippen MR) is 75.4 cm³/mol. The maximum atomic E-state index is 8.90. The van der Waals surface area contributed by atoms with Gasteiger partial charge in [-0.15, -0.1) is 0 Å². The lowest BCUT2D eigenvalue weighted by Gasteiger charge is -2.14. The maximum absolute atomic E-state index is 8.90. The van der Waals surface area contributed by atoms with Crippen molar-refractivity contribution in [1.29, 1.82) is 5.26 Å². The van der Waals surface area contributed by atoms with Crippen molar-refractivity contribution in [2.24, 2.45) is 0 Å². The molecular weight excluding hydrogens is 234 g/mol. The van der Waals surface area contributed by atoms with E-state index in [4.69, 9.17) is 5.26 Å². The van der Waals surface area contributed by atoms with Crippen molar-refractivity contribution in [2.75, 3.05) is 0 Å². The number of nitriles is 1. The van der Waals surface area contributed by atoms with E-state index in [-0.39, 0.29) is 6.04 Å². The lowest BCUT2D eigenvalue weighted by Crippen LogP contribution is -2.19. The molecule has 1 heterocycles. The molecule has 1 aromatic heterocycles. The van der Waals surface area contributed by atoms with Gasteiger partial charge >= 0.3 is 0 Å². The smallest absolute Gasteiger partial charge is 0.0991 e. The molecule has 19 heavy (non-hydrogen) atoms. The zero-order valence-electron chi connectivity index (χ0n) is 11.2. The van der Waals surface area contributed by atoms with Gasteiger partial charge in [0.05, 0.1) is 17.3 Å². The van der Waals surface area contributed by atoms with Crippen LogP contribution in [0, 0.1) is 18.3 Å². The van der Waals surface area contributed by atoms with Gasteiger partial charge in [0, 0.05) is 18.3 Å². The highest BCUT2D eigenvalue weighted by Crippen LogP contribution is 2.14. The Hall–Kier alpha value is -2.18. The Morgan fingerprint density at radius 1 is 1.26 bits per heavy atom. The Bertz CT molecular complexity index is 599. The number of aromatic nitrogens is 1. The van der Waals surface area contributed by atoms with Crippen LogP contribution >= 0.6 is 0 Å². The molecule has 0 aliphatic rings.